The standard InChI is InChI=1S/C17H26N2O2/c1-14-3-5-16(6-4-14)17(20)18-13-15-7-9-19(10-8-15)11-12-21-2/h3-6,15H,7-13H2,1-2H3,(H,18,20). The maximum absolute atomic E-state index is 12.1. The predicted octanol–water partition coefficient (Wildman–Crippen LogP) is 2.08. The highest BCUT2D eigenvalue weighted by Gasteiger charge is 2.19. The van der Waals surface area contributed by atoms with E-state index in [1.54, 1.807) is 7.11 Å². The van der Waals surface area contributed by atoms with Crippen molar-refractivity contribution in [3.8, 4) is 0 Å². The minimum absolute atomic E-state index is 0.0387. The maximum Gasteiger partial charge on any atom is 0.251 e. The van der Waals surface area contributed by atoms with Crippen LogP contribution in [0.2, 0.25) is 0 Å². The van der Waals surface area contributed by atoms with Crippen LogP contribution in [-0.4, -0.2) is 50.7 Å². The van der Waals surface area contributed by atoms with Crippen molar-refractivity contribution in [1.29, 1.82) is 0 Å². The minimum atomic E-state index is 0.0387. The molecule has 1 amide bonds. The first kappa shape index (κ1) is 16.0. The molecule has 21 heavy (non-hydrogen) atoms. The van der Waals surface area contributed by atoms with Crippen LogP contribution in [0, 0.1) is 12.8 Å². The van der Waals surface area contributed by atoms with Crippen LogP contribution in [-0.2, 0) is 4.74 Å². The molecule has 0 radical (unpaired) electrons. The number of carbonyl (C=O) groups excluding carboxylic acids is 1. The molecule has 0 spiro atoms. The van der Waals surface area contributed by atoms with Gasteiger partial charge >= 0.3 is 0 Å². The molecule has 1 aromatic carbocycles. The van der Waals surface area contributed by atoms with E-state index in [1.807, 2.05) is 31.2 Å². The van der Waals surface area contributed by atoms with E-state index in [4.69, 9.17) is 4.74 Å². The van der Waals surface area contributed by atoms with E-state index >= 15 is 0 Å². The molecule has 1 fully saturated rings. The summed E-state index contributed by atoms with van der Waals surface area (Å²) in [5.74, 6) is 0.634. The molecule has 0 bridgehead atoms. The Morgan fingerprint density at radius 2 is 1.95 bits per heavy atom. The number of amides is 1. The number of rotatable bonds is 6. The number of benzene rings is 1. The molecule has 1 aliphatic rings. The van der Waals surface area contributed by atoms with Gasteiger partial charge in [0.1, 0.15) is 0 Å². The number of carbonyl (C=O) groups is 1. The molecule has 0 aliphatic carbocycles. The summed E-state index contributed by atoms with van der Waals surface area (Å²) in [6.07, 6.45) is 2.30. The second-order valence-electron chi connectivity index (χ2n) is 5.85. The fraction of sp³-hybridized carbons (Fsp3) is 0.588. The first-order valence-electron chi connectivity index (χ1n) is 7.75. The number of methoxy groups -OCH3 is 1. The highest BCUT2D eigenvalue weighted by molar-refractivity contribution is 5.94. The van der Waals surface area contributed by atoms with Gasteiger partial charge in [0.25, 0.3) is 5.91 Å². The molecule has 1 aromatic rings. The van der Waals surface area contributed by atoms with Crippen molar-refractivity contribution < 1.29 is 9.53 Å². The molecule has 1 aliphatic heterocycles. The number of aryl methyl sites for hydroxylation is 1. The van der Waals surface area contributed by atoms with Crippen LogP contribution >= 0.6 is 0 Å². The van der Waals surface area contributed by atoms with Gasteiger partial charge in [0.15, 0.2) is 0 Å². The molecule has 0 saturated carbocycles. The molecule has 116 valence electrons. The monoisotopic (exact) mass is 290 g/mol. The van der Waals surface area contributed by atoms with Gasteiger partial charge in [-0.3, -0.25) is 4.79 Å². The normalized spacial score (nSPS) is 16.9. The van der Waals surface area contributed by atoms with Gasteiger partial charge in [-0.05, 0) is 50.9 Å². The van der Waals surface area contributed by atoms with E-state index in [9.17, 15) is 4.79 Å². The lowest BCUT2D eigenvalue weighted by Gasteiger charge is -2.31. The summed E-state index contributed by atoms with van der Waals surface area (Å²) >= 11 is 0. The van der Waals surface area contributed by atoms with Crippen LogP contribution in [0.3, 0.4) is 0 Å². The van der Waals surface area contributed by atoms with Crippen molar-refractivity contribution in [2.75, 3.05) is 39.9 Å². The Balaban J connectivity index is 1.69. The molecule has 0 aromatic heterocycles. The van der Waals surface area contributed by atoms with Crippen molar-refractivity contribution >= 4 is 5.91 Å². The second-order valence-corrected chi connectivity index (χ2v) is 5.85. The first-order valence-corrected chi connectivity index (χ1v) is 7.75. The molecule has 1 heterocycles. The lowest BCUT2D eigenvalue weighted by molar-refractivity contribution is 0.0926. The first-order chi connectivity index (χ1) is 10.2. The molecule has 0 unspecified atom stereocenters. The van der Waals surface area contributed by atoms with Gasteiger partial charge in [0.2, 0.25) is 0 Å². The van der Waals surface area contributed by atoms with E-state index in [0.29, 0.717) is 5.92 Å². The van der Waals surface area contributed by atoms with Gasteiger partial charge in [-0.15, -0.1) is 0 Å². The Kier molecular flexibility index (Phi) is 6.21. The minimum Gasteiger partial charge on any atom is -0.383 e. The fourth-order valence-electron chi connectivity index (χ4n) is 2.68. The van der Waals surface area contributed by atoms with Crippen molar-refractivity contribution in [2.24, 2.45) is 5.92 Å². The number of nitrogens with zero attached hydrogens (tertiary/aromatic N) is 1. The molecule has 1 N–H and O–H groups in total. The van der Waals surface area contributed by atoms with Gasteiger partial charge in [-0.2, -0.15) is 0 Å². The van der Waals surface area contributed by atoms with Crippen LogP contribution in [0.4, 0.5) is 0 Å². The Labute approximate surface area is 127 Å². The summed E-state index contributed by atoms with van der Waals surface area (Å²) in [4.78, 5) is 14.5. The van der Waals surface area contributed by atoms with Gasteiger partial charge in [-0.25, -0.2) is 0 Å². The fourth-order valence-corrected chi connectivity index (χ4v) is 2.68. The number of hydrogen-bond donors (Lipinski definition) is 1. The number of ether oxygens (including phenoxy) is 1. The highest BCUT2D eigenvalue weighted by atomic mass is 16.5. The summed E-state index contributed by atoms with van der Waals surface area (Å²) < 4.78 is 5.11. The lowest BCUT2D eigenvalue weighted by Crippen LogP contribution is -2.39. The van der Waals surface area contributed by atoms with E-state index in [-0.39, 0.29) is 5.91 Å². The number of hydrogen-bond acceptors (Lipinski definition) is 3. The molecular formula is C17H26N2O2. The van der Waals surface area contributed by atoms with E-state index in [1.165, 1.54) is 5.56 Å². The van der Waals surface area contributed by atoms with E-state index < -0.39 is 0 Å². The summed E-state index contributed by atoms with van der Waals surface area (Å²) in [6, 6.07) is 7.72. The van der Waals surface area contributed by atoms with Crippen molar-refractivity contribution in [3.63, 3.8) is 0 Å². The Hall–Kier alpha value is -1.39. The van der Waals surface area contributed by atoms with Crippen molar-refractivity contribution in [2.45, 2.75) is 19.8 Å². The van der Waals surface area contributed by atoms with Crippen LogP contribution in [0.15, 0.2) is 24.3 Å². The van der Waals surface area contributed by atoms with Gasteiger partial charge in [-0.1, -0.05) is 17.7 Å². The maximum atomic E-state index is 12.1. The van der Waals surface area contributed by atoms with Crippen LogP contribution < -0.4 is 5.32 Å². The Morgan fingerprint density at radius 1 is 1.29 bits per heavy atom. The zero-order chi connectivity index (χ0) is 15.1. The van der Waals surface area contributed by atoms with Crippen molar-refractivity contribution in [1.82, 2.24) is 10.2 Å². The van der Waals surface area contributed by atoms with Gasteiger partial charge in [0, 0.05) is 25.8 Å². The SMILES string of the molecule is COCCN1CCC(CNC(=O)c2ccc(C)cc2)CC1. The van der Waals surface area contributed by atoms with E-state index in [0.717, 1.165) is 51.2 Å². The van der Waals surface area contributed by atoms with Gasteiger partial charge in [0.05, 0.1) is 6.61 Å². The van der Waals surface area contributed by atoms with Crippen LogP contribution in [0.5, 0.6) is 0 Å². The summed E-state index contributed by atoms with van der Waals surface area (Å²) in [7, 11) is 1.74. The average molecular weight is 290 g/mol. The van der Waals surface area contributed by atoms with E-state index in [2.05, 4.69) is 10.2 Å². The van der Waals surface area contributed by atoms with Gasteiger partial charge < -0.3 is 15.0 Å². The third-order valence-electron chi connectivity index (χ3n) is 4.18. The summed E-state index contributed by atoms with van der Waals surface area (Å²) in [6.45, 7) is 6.83. The molecule has 0 atom stereocenters. The number of piperidine rings is 1. The smallest absolute Gasteiger partial charge is 0.251 e. The topological polar surface area (TPSA) is 41.6 Å². The van der Waals surface area contributed by atoms with Crippen LogP contribution in [0.1, 0.15) is 28.8 Å². The summed E-state index contributed by atoms with van der Waals surface area (Å²) in [5, 5.41) is 3.06. The molecule has 4 nitrogen and oxygen atoms in total. The third-order valence-corrected chi connectivity index (χ3v) is 4.18. The zero-order valence-corrected chi connectivity index (χ0v) is 13.1. The lowest BCUT2D eigenvalue weighted by atomic mass is 9.96. The Morgan fingerprint density at radius 3 is 2.57 bits per heavy atom. The molecule has 4 heteroatoms. The molecule has 1 saturated heterocycles. The zero-order valence-electron chi connectivity index (χ0n) is 13.1. The van der Waals surface area contributed by atoms with Crippen LogP contribution in [0.25, 0.3) is 0 Å². The highest BCUT2D eigenvalue weighted by Crippen LogP contribution is 2.16. The van der Waals surface area contributed by atoms with Crippen molar-refractivity contribution in [3.05, 3.63) is 35.4 Å². The second kappa shape index (κ2) is 8.15. The number of nitrogens with one attached hydrogen (secondary N) is 1. The average Bonchev–Trinajstić information content (AvgIpc) is 2.52. The largest absolute Gasteiger partial charge is 0.383 e. The third kappa shape index (κ3) is 5.14. The summed E-state index contributed by atoms with van der Waals surface area (Å²) in [5.41, 5.74) is 1.92. The Bertz CT molecular complexity index is 437. The quantitative estimate of drug-likeness (QED) is 0.872. The predicted molar refractivity (Wildman–Crippen MR) is 84.6 cm³/mol. The number of likely N-dealkylation sites (tertiary alicyclic amines) is 1. The molecular weight excluding hydrogens is 264 g/mol. The molecule has 2 rings (SSSR count).